The fourth-order valence-corrected chi connectivity index (χ4v) is 1.75. The van der Waals surface area contributed by atoms with E-state index in [-0.39, 0.29) is 30.2 Å². The fraction of sp³-hybridized carbons (Fsp3) is 0.700. The Bertz CT molecular complexity index is 431. The zero-order chi connectivity index (χ0) is 13.9. The third-order valence-electron chi connectivity index (χ3n) is 2.47. The molecule has 0 aromatic carbocycles. The van der Waals surface area contributed by atoms with Crippen LogP contribution in [-0.4, -0.2) is 52.8 Å². The number of aliphatic hydroxyl groups is 1. The Hall–Kier alpha value is -1.67. The lowest BCUT2D eigenvalue weighted by atomic mass is 10.1. The lowest BCUT2D eigenvalue weighted by Gasteiger charge is -2.17. The van der Waals surface area contributed by atoms with Crippen LogP contribution in [0, 0.1) is 10.1 Å². The third-order valence-corrected chi connectivity index (χ3v) is 2.47. The van der Waals surface area contributed by atoms with E-state index < -0.39 is 16.8 Å². The van der Waals surface area contributed by atoms with Crippen LogP contribution >= 0.6 is 0 Å². The second kappa shape index (κ2) is 5.32. The lowest BCUT2D eigenvalue weighted by molar-refractivity contribution is -0.568. The molecule has 1 heterocycles. The summed E-state index contributed by atoms with van der Waals surface area (Å²) < 4.78 is 4.70. The first-order chi connectivity index (χ1) is 8.32. The van der Waals surface area contributed by atoms with E-state index in [0.29, 0.717) is 0 Å². The van der Waals surface area contributed by atoms with Gasteiger partial charge in [-0.05, 0) is 6.92 Å². The van der Waals surface area contributed by atoms with Crippen molar-refractivity contribution in [1.29, 1.82) is 0 Å². The molecule has 0 bridgehead atoms. The highest BCUT2D eigenvalue weighted by atomic mass is 16.6. The van der Waals surface area contributed by atoms with Gasteiger partial charge in [0.25, 0.3) is 0 Å². The first-order valence-electron chi connectivity index (χ1n) is 5.31. The number of carbonyl (C=O) groups is 1. The van der Waals surface area contributed by atoms with Crippen LogP contribution in [0.25, 0.3) is 0 Å². The predicted molar refractivity (Wildman–Crippen MR) is 63.5 cm³/mol. The van der Waals surface area contributed by atoms with Crippen molar-refractivity contribution >= 4 is 17.2 Å². The molecule has 0 aliphatic carbocycles. The van der Waals surface area contributed by atoms with Gasteiger partial charge in [-0.1, -0.05) is 0 Å². The van der Waals surface area contributed by atoms with Crippen LogP contribution in [-0.2, 0) is 9.53 Å². The van der Waals surface area contributed by atoms with E-state index in [1.165, 1.54) is 21.0 Å². The highest BCUT2D eigenvalue weighted by molar-refractivity contribution is 6.67. The SMILES string of the molecule is COCC(O)CC1([N+](=O)[O-])N=C(C)C(C(C)=O)=N1. The maximum Gasteiger partial charge on any atom is 0.415 e. The van der Waals surface area contributed by atoms with Crippen LogP contribution in [0.2, 0.25) is 0 Å². The minimum Gasteiger partial charge on any atom is -0.390 e. The van der Waals surface area contributed by atoms with Crippen molar-refractivity contribution in [3.63, 3.8) is 0 Å². The van der Waals surface area contributed by atoms with Crippen LogP contribution in [0.15, 0.2) is 9.98 Å². The van der Waals surface area contributed by atoms with Gasteiger partial charge >= 0.3 is 5.79 Å². The summed E-state index contributed by atoms with van der Waals surface area (Å²) >= 11 is 0. The number of nitrogens with zero attached hydrogens (tertiary/aromatic N) is 3. The van der Waals surface area contributed by atoms with Gasteiger partial charge in [-0.2, -0.15) is 9.98 Å². The smallest absolute Gasteiger partial charge is 0.390 e. The van der Waals surface area contributed by atoms with E-state index in [0.717, 1.165) is 0 Å². The van der Waals surface area contributed by atoms with Crippen molar-refractivity contribution in [2.75, 3.05) is 13.7 Å². The van der Waals surface area contributed by atoms with Crippen molar-refractivity contribution in [2.45, 2.75) is 32.2 Å². The number of rotatable bonds is 6. The van der Waals surface area contributed by atoms with Gasteiger partial charge in [0.05, 0.1) is 29.8 Å². The first-order valence-corrected chi connectivity index (χ1v) is 5.31. The number of nitro groups is 1. The van der Waals surface area contributed by atoms with E-state index in [1.807, 2.05) is 0 Å². The summed E-state index contributed by atoms with van der Waals surface area (Å²) in [5, 5.41) is 20.7. The van der Waals surface area contributed by atoms with Gasteiger partial charge in [0.1, 0.15) is 5.71 Å². The Labute approximate surface area is 104 Å². The van der Waals surface area contributed by atoms with Crippen LogP contribution in [0.3, 0.4) is 0 Å². The molecule has 18 heavy (non-hydrogen) atoms. The van der Waals surface area contributed by atoms with E-state index in [9.17, 15) is 20.0 Å². The molecule has 0 radical (unpaired) electrons. The second-order valence-corrected chi connectivity index (χ2v) is 4.06. The zero-order valence-electron chi connectivity index (χ0n) is 10.4. The molecule has 0 spiro atoms. The van der Waals surface area contributed by atoms with Crippen molar-refractivity contribution < 1.29 is 19.6 Å². The van der Waals surface area contributed by atoms with Gasteiger partial charge in [0.2, 0.25) is 0 Å². The van der Waals surface area contributed by atoms with Crippen LogP contribution in [0.5, 0.6) is 0 Å². The normalized spacial score (nSPS) is 24.4. The maximum atomic E-state index is 11.3. The molecule has 0 saturated heterocycles. The Balaban J connectivity index is 3.06. The molecule has 2 unspecified atom stereocenters. The first kappa shape index (κ1) is 14.4. The van der Waals surface area contributed by atoms with Crippen molar-refractivity contribution in [1.82, 2.24) is 0 Å². The Kier molecular flexibility index (Phi) is 4.25. The van der Waals surface area contributed by atoms with Gasteiger partial charge in [0, 0.05) is 14.0 Å². The van der Waals surface area contributed by atoms with E-state index in [4.69, 9.17) is 4.74 Å². The zero-order valence-corrected chi connectivity index (χ0v) is 10.4. The molecule has 8 heteroatoms. The molecular weight excluding hydrogens is 242 g/mol. The summed E-state index contributed by atoms with van der Waals surface area (Å²) in [7, 11) is 1.37. The number of aliphatic hydroxyl groups excluding tert-OH is 1. The predicted octanol–water partition coefficient (Wildman–Crippen LogP) is -0.181. The van der Waals surface area contributed by atoms with Crippen molar-refractivity contribution in [2.24, 2.45) is 9.98 Å². The summed E-state index contributed by atoms with van der Waals surface area (Å²) in [6, 6.07) is 0. The molecule has 0 saturated carbocycles. The van der Waals surface area contributed by atoms with E-state index >= 15 is 0 Å². The molecular formula is C10H15N3O5. The average molecular weight is 257 g/mol. The number of hydrogen-bond acceptors (Lipinski definition) is 7. The lowest BCUT2D eigenvalue weighted by Crippen LogP contribution is -2.38. The number of ether oxygens (including phenoxy) is 1. The summed E-state index contributed by atoms with van der Waals surface area (Å²) in [5.74, 6) is -2.40. The van der Waals surface area contributed by atoms with Crippen LogP contribution in [0.1, 0.15) is 20.3 Å². The van der Waals surface area contributed by atoms with Gasteiger partial charge in [-0.3, -0.25) is 14.9 Å². The molecule has 1 rings (SSSR count). The molecule has 1 aliphatic heterocycles. The van der Waals surface area contributed by atoms with Gasteiger partial charge < -0.3 is 9.84 Å². The van der Waals surface area contributed by atoms with Crippen molar-refractivity contribution in [3.05, 3.63) is 10.1 Å². The Morgan fingerprint density at radius 1 is 1.61 bits per heavy atom. The minimum absolute atomic E-state index is 0.0173. The maximum absolute atomic E-state index is 11.3. The number of Topliss-reactive ketones (excluding diaryl/α,β-unsaturated/α-hetero) is 1. The summed E-state index contributed by atoms with van der Waals surface area (Å²) in [5.41, 5.74) is 0.195. The monoisotopic (exact) mass is 257 g/mol. The third kappa shape index (κ3) is 2.77. The molecule has 0 aromatic rings. The molecule has 8 nitrogen and oxygen atoms in total. The molecule has 1 aliphatic rings. The molecule has 0 amide bonds. The van der Waals surface area contributed by atoms with E-state index in [1.54, 1.807) is 0 Å². The summed E-state index contributed by atoms with van der Waals surface area (Å²) in [4.78, 5) is 29.3. The average Bonchev–Trinajstić information content (AvgIpc) is 2.57. The number of methoxy groups -OCH3 is 1. The fourth-order valence-electron chi connectivity index (χ4n) is 1.75. The quantitative estimate of drug-likeness (QED) is 0.523. The minimum atomic E-state index is -2.01. The largest absolute Gasteiger partial charge is 0.415 e. The number of carbonyl (C=O) groups excluding carboxylic acids is 1. The number of hydrogen-bond donors (Lipinski definition) is 1. The number of ketones is 1. The van der Waals surface area contributed by atoms with Gasteiger partial charge in [-0.25, -0.2) is 0 Å². The molecule has 0 aromatic heterocycles. The molecule has 1 N–H and O–H groups in total. The van der Waals surface area contributed by atoms with E-state index in [2.05, 4.69) is 9.98 Å². The van der Waals surface area contributed by atoms with Gasteiger partial charge in [0.15, 0.2) is 5.78 Å². The molecule has 100 valence electrons. The Morgan fingerprint density at radius 2 is 2.22 bits per heavy atom. The number of aliphatic imine (C=N–C) groups is 2. The summed E-state index contributed by atoms with van der Waals surface area (Å²) in [6.45, 7) is 2.68. The van der Waals surface area contributed by atoms with Crippen molar-refractivity contribution in [3.8, 4) is 0 Å². The molecule has 2 atom stereocenters. The molecule has 0 fully saturated rings. The highest BCUT2D eigenvalue weighted by Crippen LogP contribution is 2.27. The second-order valence-electron chi connectivity index (χ2n) is 4.06. The highest BCUT2D eigenvalue weighted by Gasteiger charge is 2.49. The van der Waals surface area contributed by atoms with Gasteiger partial charge in [-0.15, -0.1) is 0 Å². The summed E-state index contributed by atoms with van der Waals surface area (Å²) in [6.07, 6.45) is -1.41. The van der Waals surface area contributed by atoms with Crippen LogP contribution in [0.4, 0.5) is 0 Å². The topological polar surface area (TPSA) is 114 Å². The standard InChI is InChI=1S/C10H15N3O5/c1-6-9(7(2)14)12-10(11-6,13(16)17)4-8(15)5-18-3/h8,15H,4-5H2,1-3H3. The Morgan fingerprint density at radius 3 is 2.61 bits per heavy atom. The van der Waals surface area contributed by atoms with Crippen LogP contribution < -0.4 is 0 Å².